The van der Waals surface area contributed by atoms with Crippen molar-refractivity contribution in [2.75, 3.05) is 0 Å². The minimum absolute atomic E-state index is 0.161. The van der Waals surface area contributed by atoms with Crippen LogP contribution in [0.5, 0.6) is 0 Å². The van der Waals surface area contributed by atoms with Crippen LogP contribution < -0.4 is 11.1 Å². The lowest BCUT2D eigenvalue weighted by Gasteiger charge is -2.41. The van der Waals surface area contributed by atoms with Crippen LogP contribution in [0.1, 0.15) is 47.0 Å². The Bertz CT molecular complexity index is 384. The molecule has 0 aromatic rings. The molecule has 1 saturated carbocycles. The van der Waals surface area contributed by atoms with Gasteiger partial charge in [0.2, 0.25) is 0 Å². The molecular weight excluding hydrogens is 284 g/mol. The van der Waals surface area contributed by atoms with Gasteiger partial charge in [0.15, 0.2) is 0 Å². The molecule has 6 nitrogen and oxygen atoms in total. The van der Waals surface area contributed by atoms with E-state index in [1.807, 2.05) is 0 Å². The van der Waals surface area contributed by atoms with E-state index in [9.17, 15) is 14.7 Å². The van der Waals surface area contributed by atoms with Gasteiger partial charge in [0.25, 0.3) is 0 Å². The molecule has 4 unspecified atom stereocenters. The Hall–Kier alpha value is -0.980. The molecule has 0 aliphatic heterocycles. The average molecular weight is 314 g/mol. The van der Waals surface area contributed by atoms with Gasteiger partial charge in [-0.15, -0.1) is 0 Å². The number of nitrogens with one attached hydrogen (secondary N) is 1. The monoisotopic (exact) mass is 314 g/mol. The highest BCUT2D eigenvalue weighted by Crippen LogP contribution is 2.40. The van der Waals surface area contributed by atoms with Crippen LogP contribution in [0.15, 0.2) is 0 Å². The summed E-state index contributed by atoms with van der Waals surface area (Å²) in [7, 11) is 0. The maximum absolute atomic E-state index is 11.2. The van der Waals surface area contributed by atoms with Crippen LogP contribution in [0.4, 0.5) is 0 Å². The fourth-order valence-electron chi connectivity index (χ4n) is 3.64. The molecule has 0 spiro atoms. The lowest BCUT2D eigenvalue weighted by atomic mass is 9.77. The number of hydrogen-bond donors (Lipinski definition) is 4. The Morgan fingerprint density at radius 1 is 1.36 bits per heavy atom. The Balaban J connectivity index is 3.00. The maximum Gasteiger partial charge on any atom is 0.305 e. The first-order valence-corrected chi connectivity index (χ1v) is 7.98. The van der Waals surface area contributed by atoms with Gasteiger partial charge in [-0.1, -0.05) is 26.7 Å². The van der Waals surface area contributed by atoms with E-state index in [-0.39, 0.29) is 12.3 Å². The lowest BCUT2D eigenvalue weighted by molar-refractivity contribution is -0.138. The zero-order valence-electron chi connectivity index (χ0n) is 14.0. The Morgan fingerprint density at radius 2 is 1.86 bits per heavy atom. The summed E-state index contributed by atoms with van der Waals surface area (Å²) in [5.41, 5.74) is 5.23. The first kappa shape index (κ1) is 19.1. The third-order valence-electron chi connectivity index (χ3n) is 4.87. The van der Waals surface area contributed by atoms with Gasteiger partial charge in [0.05, 0.1) is 18.6 Å². The summed E-state index contributed by atoms with van der Waals surface area (Å²) in [4.78, 5) is 22.1. The first-order chi connectivity index (χ1) is 10.1. The quantitative estimate of drug-likeness (QED) is 0.492. The molecule has 1 aliphatic rings. The first-order valence-electron chi connectivity index (χ1n) is 7.98. The van der Waals surface area contributed by atoms with E-state index < -0.39 is 29.7 Å². The topological polar surface area (TPSA) is 113 Å². The molecule has 1 rings (SSSR count). The van der Waals surface area contributed by atoms with Crippen LogP contribution >= 0.6 is 0 Å². The number of nitrogens with two attached hydrogens (primary N) is 1. The number of aldehydes is 1. The van der Waals surface area contributed by atoms with E-state index in [4.69, 9.17) is 10.8 Å². The van der Waals surface area contributed by atoms with E-state index in [2.05, 4.69) is 19.2 Å². The second-order valence-corrected chi connectivity index (χ2v) is 7.41. The van der Waals surface area contributed by atoms with Crippen LogP contribution in [-0.2, 0) is 9.59 Å². The lowest BCUT2D eigenvalue weighted by Crippen LogP contribution is -2.61. The molecule has 0 bridgehead atoms. The second-order valence-electron chi connectivity index (χ2n) is 7.41. The van der Waals surface area contributed by atoms with Gasteiger partial charge in [0.1, 0.15) is 6.29 Å². The SMILES string of the molecule is CC1CCC(C)C1C(N[C@@H](C=O)CC(=O)O)C(O)C(C)(C)N. The molecule has 1 aliphatic carbocycles. The van der Waals surface area contributed by atoms with E-state index in [1.54, 1.807) is 13.8 Å². The molecule has 128 valence electrons. The van der Waals surface area contributed by atoms with Gasteiger partial charge < -0.3 is 26.1 Å². The van der Waals surface area contributed by atoms with Crippen molar-refractivity contribution in [3.8, 4) is 0 Å². The molecule has 0 amide bonds. The van der Waals surface area contributed by atoms with Gasteiger partial charge in [-0.25, -0.2) is 0 Å². The van der Waals surface area contributed by atoms with Crippen LogP contribution in [0, 0.1) is 17.8 Å². The highest BCUT2D eigenvalue weighted by molar-refractivity contribution is 5.73. The van der Waals surface area contributed by atoms with Gasteiger partial charge in [-0.05, 0) is 31.6 Å². The predicted molar refractivity (Wildman–Crippen MR) is 84.4 cm³/mol. The number of rotatable bonds is 8. The highest BCUT2D eigenvalue weighted by Gasteiger charge is 2.43. The standard InChI is InChI=1S/C16H30N2O4/c1-9-5-6-10(2)13(9)14(15(22)16(3,4)17)18-11(8-19)7-12(20)21/h8-11,13-15,18,22H,5-7,17H2,1-4H3,(H,20,21)/t9?,10?,11-,13?,14?,15?/m1/s1. The zero-order valence-corrected chi connectivity index (χ0v) is 14.0. The fraction of sp³-hybridized carbons (Fsp3) is 0.875. The van der Waals surface area contributed by atoms with Crippen molar-refractivity contribution in [3.05, 3.63) is 0 Å². The number of hydrogen-bond acceptors (Lipinski definition) is 5. The van der Waals surface area contributed by atoms with Crippen molar-refractivity contribution < 1.29 is 19.8 Å². The van der Waals surface area contributed by atoms with Crippen LogP contribution in [0.3, 0.4) is 0 Å². The number of aliphatic carboxylic acids is 1. The second kappa shape index (κ2) is 7.53. The van der Waals surface area contributed by atoms with E-state index in [1.165, 1.54) is 0 Å². The summed E-state index contributed by atoms with van der Waals surface area (Å²) in [5, 5.41) is 22.6. The summed E-state index contributed by atoms with van der Waals surface area (Å²) >= 11 is 0. The normalized spacial score (nSPS) is 29.8. The molecule has 0 aromatic heterocycles. The number of carboxylic acid groups (broad SMARTS) is 1. The van der Waals surface area contributed by atoms with Gasteiger partial charge in [0, 0.05) is 11.6 Å². The predicted octanol–water partition coefficient (Wildman–Crippen LogP) is 0.767. The van der Waals surface area contributed by atoms with Crippen molar-refractivity contribution in [1.29, 1.82) is 0 Å². The molecule has 1 fully saturated rings. The van der Waals surface area contributed by atoms with Crippen molar-refractivity contribution >= 4 is 12.3 Å². The van der Waals surface area contributed by atoms with E-state index in [0.29, 0.717) is 18.1 Å². The number of carboxylic acids is 1. The Kier molecular flexibility index (Phi) is 6.52. The average Bonchev–Trinajstić information content (AvgIpc) is 2.72. The van der Waals surface area contributed by atoms with Gasteiger partial charge >= 0.3 is 5.97 Å². The van der Waals surface area contributed by atoms with E-state index >= 15 is 0 Å². The number of aliphatic hydroxyl groups is 1. The minimum atomic E-state index is -1.04. The van der Waals surface area contributed by atoms with Crippen molar-refractivity contribution in [1.82, 2.24) is 5.32 Å². The summed E-state index contributed by atoms with van der Waals surface area (Å²) < 4.78 is 0. The molecule has 6 heteroatoms. The minimum Gasteiger partial charge on any atom is -0.481 e. The maximum atomic E-state index is 11.2. The Labute approximate surface area is 132 Å². The number of carbonyl (C=O) groups is 2. The summed E-state index contributed by atoms with van der Waals surface area (Å²) in [6.07, 6.45) is 1.56. The molecule has 0 saturated heterocycles. The highest BCUT2D eigenvalue weighted by atomic mass is 16.4. The molecular formula is C16H30N2O4. The molecule has 0 heterocycles. The molecule has 22 heavy (non-hydrogen) atoms. The summed E-state index contributed by atoms with van der Waals surface area (Å²) in [6.45, 7) is 7.74. The zero-order chi connectivity index (χ0) is 17.1. The van der Waals surface area contributed by atoms with E-state index in [0.717, 1.165) is 12.8 Å². The number of aliphatic hydroxyl groups excluding tert-OH is 1. The summed E-state index contributed by atoms with van der Waals surface area (Å²) in [6, 6.07) is -1.22. The van der Waals surface area contributed by atoms with Crippen LogP contribution in [0.25, 0.3) is 0 Å². The largest absolute Gasteiger partial charge is 0.481 e. The van der Waals surface area contributed by atoms with Crippen molar-refractivity contribution in [3.63, 3.8) is 0 Å². The van der Waals surface area contributed by atoms with Crippen LogP contribution in [-0.4, -0.2) is 46.2 Å². The summed E-state index contributed by atoms with van der Waals surface area (Å²) in [5.74, 6) is -0.102. The molecule has 5 N–H and O–H groups in total. The number of carbonyl (C=O) groups excluding carboxylic acids is 1. The molecule has 0 radical (unpaired) electrons. The molecule has 5 atom stereocenters. The fourth-order valence-corrected chi connectivity index (χ4v) is 3.64. The van der Waals surface area contributed by atoms with Crippen molar-refractivity contribution in [2.24, 2.45) is 23.5 Å². The smallest absolute Gasteiger partial charge is 0.305 e. The third kappa shape index (κ3) is 4.76. The van der Waals surface area contributed by atoms with Crippen LogP contribution in [0.2, 0.25) is 0 Å². The molecule has 0 aromatic carbocycles. The Morgan fingerprint density at radius 3 is 2.23 bits per heavy atom. The van der Waals surface area contributed by atoms with Gasteiger partial charge in [-0.2, -0.15) is 0 Å². The van der Waals surface area contributed by atoms with Gasteiger partial charge in [-0.3, -0.25) is 4.79 Å². The third-order valence-corrected chi connectivity index (χ3v) is 4.87. The van der Waals surface area contributed by atoms with Crippen molar-refractivity contribution in [2.45, 2.75) is 70.7 Å².